The molecule has 2 aromatic rings. The smallest absolute Gasteiger partial charge is 0.358 e. The van der Waals surface area contributed by atoms with Crippen LogP contribution in [0, 0.1) is 0 Å². The minimum absolute atomic E-state index is 0.204. The molecule has 0 unspecified atom stereocenters. The molecule has 0 saturated carbocycles. The molecule has 0 aliphatic carbocycles. The summed E-state index contributed by atoms with van der Waals surface area (Å²) in [4.78, 5) is 11.2. The summed E-state index contributed by atoms with van der Waals surface area (Å²) in [7, 11) is 2.98. The van der Waals surface area contributed by atoms with Crippen LogP contribution in [-0.4, -0.2) is 28.0 Å². The number of hydrogen-bond acceptors (Lipinski definition) is 6. The first-order chi connectivity index (χ1) is 7.61. The highest BCUT2D eigenvalue weighted by Gasteiger charge is 2.16. The molecule has 2 rings (SSSR count). The molecular weight excluding hydrogens is 212 g/mol. The number of aromatic nitrogens is 3. The number of carbonyl (C=O) groups excluding carboxylic acids is 1. The molecule has 2 aromatic heterocycles. The molecular formula is C9H10N4O3. The van der Waals surface area contributed by atoms with Gasteiger partial charge in [0.2, 0.25) is 0 Å². The largest absolute Gasteiger partial charge is 0.464 e. The third-order valence-corrected chi connectivity index (χ3v) is 2.06. The Hall–Kier alpha value is -2.31. The molecule has 0 radical (unpaired) electrons. The van der Waals surface area contributed by atoms with Crippen LogP contribution in [0.2, 0.25) is 0 Å². The van der Waals surface area contributed by atoms with E-state index >= 15 is 0 Å². The van der Waals surface area contributed by atoms with E-state index in [0.29, 0.717) is 11.5 Å². The zero-order valence-corrected chi connectivity index (χ0v) is 8.80. The fourth-order valence-corrected chi connectivity index (χ4v) is 1.31. The molecule has 7 nitrogen and oxygen atoms in total. The quantitative estimate of drug-likeness (QED) is 0.741. The van der Waals surface area contributed by atoms with Crippen molar-refractivity contribution in [2.24, 2.45) is 7.05 Å². The fraction of sp³-hybridized carbons (Fsp3) is 0.222. The molecule has 0 aromatic carbocycles. The second-order valence-electron chi connectivity index (χ2n) is 3.15. The van der Waals surface area contributed by atoms with Crippen molar-refractivity contribution >= 4 is 11.8 Å². The van der Waals surface area contributed by atoms with Gasteiger partial charge in [0.1, 0.15) is 5.69 Å². The Bertz CT molecular complexity index is 529. The van der Waals surface area contributed by atoms with E-state index in [0.717, 1.165) is 0 Å². The summed E-state index contributed by atoms with van der Waals surface area (Å²) in [6.07, 6.45) is 0. The number of carbonyl (C=O) groups is 1. The van der Waals surface area contributed by atoms with Gasteiger partial charge in [-0.3, -0.25) is 4.68 Å². The predicted molar refractivity (Wildman–Crippen MR) is 54.5 cm³/mol. The second kappa shape index (κ2) is 3.69. The third-order valence-electron chi connectivity index (χ3n) is 2.06. The summed E-state index contributed by atoms with van der Waals surface area (Å²) >= 11 is 0. The van der Waals surface area contributed by atoms with Gasteiger partial charge in [-0.1, -0.05) is 5.16 Å². The maximum Gasteiger partial charge on any atom is 0.358 e. The Balaban J connectivity index is 2.43. The van der Waals surface area contributed by atoms with Crippen LogP contribution >= 0.6 is 0 Å². The fourth-order valence-electron chi connectivity index (χ4n) is 1.31. The van der Waals surface area contributed by atoms with E-state index in [1.165, 1.54) is 11.8 Å². The van der Waals surface area contributed by atoms with Crippen molar-refractivity contribution in [3.05, 3.63) is 17.8 Å². The first-order valence-electron chi connectivity index (χ1n) is 4.46. The summed E-state index contributed by atoms with van der Waals surface area (Å²) in [6, 6.07) is 3.10. The molecule has 2 heterocycles. The van der Waals surface area contributed by atoms with Gasteiger partial charge in [-0.2, -0.15) is 5.10 Å². The molecule has 84 valence electrons. The average molecular weight is 222 g/mol. The molecule has 0 bridgehead atoms. The third kappa shape index (κ3) is 1.62. The van der Waals surface area contributed by atoms with E-state index in [-0.39, 0.29) is 11.5 Å². The monoisotopic (exact) mass is 222 g/mol. The first kappa shape index (κ1) is 10.2. The van der Waals surface area contributed by atoms with E-state index in [9.17, 15) is 4.79 Å². The van der Waals surface area contributed by atoms with Gasteiger partial charge in [-0.15, -0.1) is 0 Å². The average Bonchev–Trinajstić information content (AvgIpc) is 2.83. The lowest BCUT2D eigenvalue weighted by Crippen LogP contribution is -2.02. The van der Waals surface area contributed by atoms with Crippen LogP contribution in [-0.2, 0) is 11.8 Å². The number of nitrogens with zero attached hydrogens (tertiary/aromatic N) is 3. The minimum Gasteiger partial charge on any atom is -0.464 e. The van der Waals surface area contributed by atoms with E-state index in [1.54, 1.807) is 19.2 Å². The van der Waals surface area contributed by atoms with E-state index < -0.39 is 5.97 Å². The molecule has 2 N–H and O–H groups in total. The van der Waals surface area contributed by atoms with Gasteiger partial charge >= 0.3 is 5.97 Å². The second-order valence-corrected chi connectivity index (χ2v) is 3.15. The maximum atomic E-state index is 11.2. The lowest BCUT2D eigenvalue weighted by atomic mass is 10.3. The van der Waals surface area contributed by atoms with Gasteiger partial charge in [0.25, 0.3) is 0 Å². The summed E-state index contributed by atoms with van der Waals surface area (Å²) in [5, 5.41) is 7.53. The zero-order chi connectivity index (χ0) is 11.7. The van der Waals surface area contributed by atoms with E-state index in [4.69, 9.17) is 10.3 Å². The number of esters is 1. The molecule has 0 saturated heterocycles. The lowest BCUT2D eigenvalue weighted by Gasteiger charge is -1.93. The Morgan fingerprint density at radius 3 is 2.88 bits per heavy atom. The SMILES string of the molecule is COC(=O)c1cc(-c2cc(N)no2)n(C)n1. The van der Waals surface area contributed by atoms with E-state index in [1.807, 2.05) is 0 Å². The molecule has 0 amide bonds. The Labute approximate surface area is 90.8 Å². The van der Waals surface area contributed by atoms with Crippen LogP contribution in [0.1, 0.15) is 10.5 Å². The predicted octanol–water partition coefficient (Wildman–Crippen LogP) is 0.444. The van der Waals surface area contributed by atoms with Gasteiger partial charge < -0.3 is 15.0 Å². The van der Waals surface area contributed by atoms with E-state index in [2.05, 4.69) is 15.0 Å². The van der Waals surface area contributed by atoms with Crippen LogP contribution in [0.3, 0.4) is 0 Å². The van der Waals surface area contributed by atoms with Crippen molar-refractivity contribution in [3.63, 3.8) is 0 Å². The number of nitrogen functional groups attached to an aromatic ring is 1. The normalized spacial score (nSPS) is 10.4. The zero-order valence-electron chi connectivity index (χ0n) is 8.80. The number of nitrogens with two attached hydrogens (primary N) is 1. The Morgan fingerprint density at radius 2 is 2.31 bits per heavy atom. The maximum absolute atomic E-state index is 11.2. The van der Waals surface area contributed by atoms with Gasteiger partial charge in [-0.05, 0) is 0 Å². The van der Waals surface area contributed by atoms with Crippen LogP contribution in [0.15, 0.2) is 16.7 Å². The summed E-state index contributed by atoms with van der Waals surface area (Å²) in [5.41, 5.74) is 6.24. The molecule has 0 aliphatic heterocycles. The molecule has 0 fully saturated rings. The van der Waals surface area contributed by atoms with Crippen LogP contribution in [0.4, 0.5) is 5.82 Å². The number of ether oxygens (including phenoxy) is 1. The summed E-state index contributed by atoms with van der Waals surface area (Å²) < 4.78 is 11.0. The number of aryl methyl sites for hydroxylation is 1. The molecule has 0 atom stereocenters. The molecule has 16 heavy (non-hydrogen) atoms. The topological polar surface area (TPSA) is 96.2 Å². The van der Waals surface area contributed by atoms with Crippen molar-refractivity contribution in [2.45, 2.75) is 0 Å². The number of anilines is 1. The van der Waals surface area contributed by atoms with Crippen molar-refractivity contribution in [1.82, 2.24) is 14.9 Å². The van der Waals surface area contributed by atoms with Gasteiger partial charge in [0, 0.05) is 19.2 Å². The highest BCUT2D eigenvalue weighted by molar-refractivity contribution is 5.88. The first-order valence-corrected chi connectivity index (χ1v) is 4.46. The van der Waals surface area contributed by atoms with Gasteiger partial charge in [0.05, 0.1) is 7.11 Å². The minimum atomic E-state index is -0.505. The molecule has 0 aliphatic rings. The Kier molecular flexibility index (Phi) is 2.35. The standard InChI is InChI=1S/C9H10N4O3/c1-13-6(7-4-8(10)12-16-7)3-5(11-13)9(14)15-2/h3-4H,1-2H3,(H2,10,12). The van der Waals surface area contributed by atoms with Crippen molar-refractivity contribution in [3.8, 4) is 11.5 Å². The number of methoxy groups -OCH3 is 1. The number of hydrogen-bond donors (Lipinski definition) is 1. The van der Waals surface area contributed by atoms with Crippen LogP contribution < -0.4 is 5.73 Å². The lowest BCUT2D eigenvalue weighted by molar-refractivity contribution is 0.0593. The Morgan fingerprint density at radius 1 is 1.56 bits per heavy atom. The summed E-state index contributed by atoms with van der Waals surface area (Å²) in [5.74, 6) is 0.216. The van der Waals surface area contributed by atoms with Crippen molar-refractivity contribution in [2.75, 3.05) is 12.8 Å². The number of rotatable bonds is 2. The molecule has 7 heteroatoms. The van der Waals surface area contributed by atoms with Crippen molar-refractivity contribution in [1.29, 1.82) is 0 Å². The molecule has 0 spiro atoms. The summed E-state index contributed by atoms with van der Waals surface area (Å²) in [6.45, 7) is 0. The van der Waals surface area contributed by atoms with Gasteiger partial charge in [0.15, 0.2) is 17.3 Å². The highest BCUT2D eigenvalue weighted by Crippen LogP contribution is 2.21. The highest BCUT2D eigenvalue weighted by atomic mass is 16.5. The van der Waals surface area contributed by atoms with Crippen molar-refractivity contribution < 1.29 is 14.1 Å². The van der Waals surface area contributed by atoms with Crippen LogP contribution in [0.5, 0.6) is 0 Å². The van der Waals surface area contributed by atoms with Crippen LogP contribution in [0.25, 0.3) is 11.5 Å². The van der Waals surface area contributed by atoms with Gasteiger partial charge in [-0.25, -0.2) is 4.79 Å².